The van der Waals surface area contributed by atoms with Gasteiger partial charge in [-0.3, -0.25) is 14.3 Å². The summed E-state index contributed by atoms with van der Waals surface area (Å²) in [4.78, 5) is 25.7. The molecule has 2 aromatic carbocycles. The summed E-state index contributed by atoms with van der Waals surface area (Å²) in [6, 6.07) is 15.9. The van der Waals surface area contributed by atoms with Crippen LogP contribution in [0.5, 0.6) is 0 Å². The molecule has 3 rings (SSSR count). The van der Waals surface area contributed by atoms with Crippen molar-refractivity contribution in [1.29, 1.82) is 0 Å². The summed E-state index contributed by atoms with van der Waals surface area (Å²) in [5.41, 5.74) is 1.63. The molecule has 33 heavy (non-hydrogen) atoms. The van der Waals surface area contributed by atoms with Gasteiger partial charge >= 0.3 is 0 Å². The molecule has 1 unspecified atom stereocenters. The Hall–Kier alpha value is -2.04. The molecule has 0 aliphatic rings. The number of amides is 1. The van der Waals surface area contributed by atoms with Gasteiger partial charge in [0.05, 0.1) is 11.4 Å². The van der Waals surface area contributed by atoms with Crippen molar-refractivity contribution in [2.75, 3.05) is 5.32 Å². The SMILES string of the molecule is Cc1c(NC(=S)NC(NC(=O)c2cccc(Br)c2)C(Cl)(Cl)Cl)c(=O)n(-c2ccccc2)n1C. The van der Waals surface area contributed by atoms with Crippen LogP contribution in [-0.2, 0) is 7.05 Å². The van der Waals surface area contributed by atoms with Gasteiger partial charge in [-0.25, -0.2) is 4.68 Å². The van der Waals surface area contributed by atoms with Crippen LogP contribution in [0.25, 0.3) is 5.69 Å². The van der Waals surface area contributed by atoms with E-state index < -0.39 is 15.9 Å². The molecule has 174 valence electrons. The Bertz CT molecular complexity index is 1240. The third kappa shape index (κ3) is 6.10. The van der Waals surface area contributed by atoms with E-state index in [2.05, 4.69) is 31.9 Å². The Labute approximate surface area is 219 Å². The number of alkyl halides is 3. The number of rotatable bonds is 5. The molecular formula is C21H19BrCl3N5O2S. The Morgan fingerprint density at radius 3 is 2.36 bits per heavy atom. The van der Waals surface area contributed by atoms with Gasteiger partial charge < -0.3 is 16.0 Å². The monoisotopic (exact) mass is 589 g/mol. The van der Waals surface area contributed by atoms with Gasteiger partial charge in [-0.05, 0) is 49.5 Å². The lowest BCUT2D eigenvalue weighted by Gasteiger charge is -2.27. The number of hydrogen-bond acceptors (Lipinski definition) is 3. The third-order valence-corrected chi connectivity index (χ3v) is 6.13. The van der Waals surface area contributed by atoms with Crippen LogP contribution in [0.4, 0.5) is 5.69 Å². The number of anilines is 1. The van der Waals surface area contributed by atoms with Crippen LogP contribution in [0.2, 0.25) is 0 Å². The van der Waals surface area contributed by atoms with Crippen molar-refractivity contribution in [2.45, 2.75) is 16.9 Å². The largest absolute Gasteiger partial charge is 0.339 e. The fourth-order valence-electron chi connectivity index (χ4n) is 3.04. The average Bonchev–Trinajstić information content (AvgIpc) is 2.96. The number of nitrogens with one attached hydrogen (secondary N) is 3. The van der Waals surface area contributed by atoms with Gasteiger partial charge in [-0.15, -0.1) is 0 Å². The molecule has 0 aliphatic carbocycles. The first kappa shape index (κ1) is 25.6. The van der Waals surface area contributed by atoms with E-state index in [-0.39, 0.29) is 16.4 Å². The van der Waals surface area contributed by atoms with Crippen LogP contribution < -0.4 is 21.5 Å². The van der Waals surface area contributed by atoms with Gasteiger partial charge in [-0.2, -0.15) is 0 Å². The average molecular weight is 592 g/mol. The molecule has 1 atom stereocenters. The Morgan fingerprint density at radius 2 is 1.76 bits per heavy atom. The molecule has 0 fully saturated rings. The van der Waals surface area contributed by atoms with E-state index in [0.717, 1.165) is 4.47 Å². The molecule has 0 saturated heterocycles. The highest BCUT2D eigenvalue weighted by molar-refractivity contribution is 9.10. The van der Waals surface area contributed by atoms with Crippen molar-refractivity contribution in [3.8, 4) is 5.69 Å². The van der Waals surface area contributed by atoms with Crippen molar-refractivity contribution in [3.05, 3.63) is 80.7 Å². The predicted octanol–water partition coefficient (Wildman–Crippen LogP) is 4.66. The van der Waals surface area contributed by atoms with E-state index in [9.17, 15) is 9.59 Å². The molecule has 1 amide bonds. The minimum atomic E-state index is -1.94. The second kappa shape index (κ2) is 10.5. The van der Waals surface area contributed by atoms with Gasteiger partial charge in [0.2, 0.25) is 3.79 Å². The number of thiocarbonyl (C=S) groups is 1. The highest BCUT2D eigenvalue weighted by Crippen LogP contribution is 2.29. The van der Waals surface area contributed by atoms with Crippen LogP contribution in [-0.4, -0.2) is 30.3 Å². The fraction of sp³-hybridized carbons (Fsp3) is 0.190. The summed E-state index contributed by atoms with van der Waals surface area (Å²) >= 11 is 26.9. The minimum Gasteiger partial charge on any atom is -0.339 e. The lowest BCUT2D eigenvalue weighted by Crippen LogP contribution is -2.56. The van der Waals surface area contributed by atoms with Crippen LogP contribution >= 0.6 is 63.0 Å². The molecule has 0 spiro atoms. The summed E-state index contributed by atoms with van der Waals surface area (Å²) in [6.07, 6.45) is -1.19. The summed E-state index contributed by atoms with van der Waals surface area (Å²) in [5.74, 6) is -0.481. The number of carbonyl (C=O) groups excluding carboxylic acids is 1. The van der Waals surface area contributed by atoms with Crippen LogP contribution in [0, 0.1) is 6.92 Å². The standard InChI is InChI=1S/C21H19BrCl3N5O2S/c1-12-16(18(32)30(29(12)2)15-9-4-3-5-10-15)26-20(33)28-19(21(23,24)25)27-17(31)13-7-6-8-14(22)11-13/h3-11,19H,1-2H3,(H,27,31)(H2,26,28,33). The van der Waals surface area contributed by atoms with Crippen LogP contribution in [0.1, 0.15) is 16.1 Å². The normalized spacial score (nSPS) is 12.2. The highest BCUT2D eigenvalue weighted by Gasteiger charge is 2.35. The lowest BCUT2D eigenvalue weighted by molar-refractivity contribution is 0.0934. The van der Waals surface area contributed by atoms with Crippen LogP contribution in [0.15, 0.2) is 63.9 Å². The van der Waals surface area contributed by atoms with E-state index >= 15 is 0 Å². The van der Waals surface area contributed by atoms with Gasteiger partial charge in [-0.1, -0.05) is 75.0 Å². The van der Waals surface area contributed by atoms with Gasteiger partial charge in [0.25, 0.3) is 11.5 Å². The molecule has 7 nitrogen and oxygen atoms in total. The van der Waals surface area contributed by atoms with Crippen molar-refractivity contribution in [1.82, 2.24) is 20.0 Å². The zero-order valence-corrected chi connectivity index (χ0v) is 22.1. The first-order valence-electron chi connectivity index (χ1n) is 9.53. The second-order valence-electron chi connectivity index (χ2n) is 6.99. The Morgan fingerprint density at radius 1 is 1.09 bits per heavy atom. The van der Waals surface area contributed by atoms with Crippen molar-refractivity contribution in [3.63, 3.8) is 0 Å². The van der Waals surface area contributed by atoms with E-state index in [4.69, 9.17) is 47.0 Å². The maximum Gasteiger partial charge on any atom is 0.295 e. The summed E-state index contributed by atoms with van der Waals surface area (Å²) < 4.78 is 1.98. The quantitative estimate of drug-likeness (QED) is 0.229. The van der Waals surface area contributed by atoms with E-state index in [1.54, 1.807) is 42.9 Å². The number of carbonyl (C=O) groups is 1. The van der Waals surface area contributed by atoms with Gasteiger partial charge in [0, 0.05) is 17.1 Å². The molecule has 3 N–H and O–H groups in total. The third-order valence-electron chi connectivity index (χ3n) is 4.76. The molecule has 12 heteroatoms. The molecule has 1 aromatic heterocycles. The summed E-state index contributed by atoms with van der Waals surface area (Å²) in [7, 11) is 1.76. The topological polar surface area (TPSA) is 80.1 Å². The fourth-order valence-corrected chi connectivity index (χ4v) is 3.98. The highest BCUT2D eigenvalue weighted by atomic mass is 79.9. The first-order valence-corrected chi connectivity index (χ1v) is 11.9. The zero-order valence-electron chi connectivity index (χ0n) is 17.4. The molecule has 0 radical (unpaired) electrons. The molecule has 0 saturated carbocycles. The Kier molecular flexibility index (Phi) is 8.13. The first-order chi connectivity index (χ1) is 15.5. The van der Waals surface area contributed by atoms with Gasteiger partial charge in [0.15, 0.2) is 5.11 Å². The maximum absolute atomic E-state index is 13.1. The van der Waals surface area contributed by atoms with Gasteiger partial charge in [0.1, 0.15) is 11.9 Å². The summed E-state index contributed by atoms with van der Waals surface area (Å²) in [5, 5.41) is 8.23. The van der Waals surface area contributed by atoms with E-state index in [1.165, 1.54) is 4.68 Å². The lowest BCUT2D eigenvalue weighted by atomic mass is 10.2. The number of nitrogens with zero attached hydrogens (tertiary/aromatic N) is 2. The molecule has 0 aliphatic heterocycles. The van der Waals surface area contributed by atoms with Crippen molar-refractivity contribution in [2.24, 2.45) is 7.05 Å². The molecule has 3 aromatic rings. The second-order valence-corrected chi connectivity index (χ2v) is 10.7. The number of hydrogen-bond donors (Lipinski definition) is 3. The maximum atomic E-state index is 13.1. The van der Waals surface area contributed by atoms with E-state index in [1.807, 2.05) is 30.3 Å². The van der Waals surface area contributed by atoms with E-state index in [0.29, 0.717) is 16.9 Å². The smallest absolute Gasteiger partial charge is 0.295 e. The number of benzene rings is 2. The van der Waals surface area contributed by atoms with Crippen molar-refractivity contribution < 1.29 is 4.79 Å². The number of halogens is 4. The minimum absolute atomic E-state index is 0.00752. The molecule has 1 heterocycles. The number of para-hydroxylation sites is 1. The Balaban J connectivity index is 1.80. The summed E-state index contributed by atoms with van der Waals surface area (Å²) in [6.45, 7) is 1.77. The molecule has 0 bridgehead atoms. The van der Waals surface area contributed by atoms with Crippen LogP contribution in [0.3, 0.4) is 0 Å². The molecular weight excluding hydrogens is 573 g/mol. The van der Waals surface area contributed by atoms with Crippen molar-refractivity contribution >= 4 is 79.7 Å². The zero-order chi connectivity index (χ0) is 24.3. The number of aromatic nitrogens is 2. The predicted molar refractivity (Wildman–Crippen MR) is 141 cm³/mol.